The molecule has 6 rings (SSSR count). The van der Waals surface area contributed by atoms with Gasteiger partial charge >= 0.3 is 0 Å². The topological polar surface area (TPSA) is 114 Å². The van der Waals surface area contributed by atoms with Crippen LogP contribution in [0.1, 0.15) is 0 Å². The molecule has 6 aromatic rings. The fourth-order valence-electron chi connectivity index (χ4n) is 4.72. The first-order valence-electron chi connectivity index (χ1n) is 14.9. The summed E-state index contributed by atoms with van der Waals surface area (Å²) < 4.78 is 80.3. The molecule has 0 amide bonds. The number of hydrogen-bond acceptors (Lipinski definition) is 9. The molecule has 248 valence electrons. The van der Waals surface area contributed by atoms with Crippen LogP contribution in [0.15, 0.2) is 165 Å². The van der Waals surface area contributed by atoms with Gasteiger partial charge < -0.3 is 23.7 Å². The predicted molar refractivity (Wildman–Crippen MR) is 183 cm³/mol. The highest BCUT2D eigenvalue weighted by molar-refractivity contribution is 7.91. The van der Waals surface area contributed by atoms with Gasteiger partial charge in [-0.2, -0.15) is 0 Å². The normalized spacial score (nSPS) is 11.4. The molecular weight excluding hydrogens is 665 g/mol. The molecule has 0 aliphatic rings. The first-order valence-corrected chi connectivity index (χ1v) is 17.8. The van der Waals surface area contributed by atoms with E-state index in [-0.39, 0.29) is 19.6 Å². The molecule has 6 aromatic carbocycles. The van der Waals surface area contributed by atoms with Crippen molar-refractivity contribution in [1.82, 2.24) is 0 Å². The molecule has 0 atom stereocenters. The smallest absolute Gasteiger partial charge is 0.206 e. The number of rotatable bonds is 12. The molecular formula is C38H30O9S2. The van der Waals surface area contributed by atoms with E-state index < -0.39 is 19.7 Å². The Bertz CT molecular complexity index is 2230. The predicted octanol–water partition coefficient (Wildman–Crippen LogP) is 8.75. The average molecular weight is 695 g/mol. The molecule has 0 spiro atoms. The van der Waals surface area contributed by atoms with Crippen LogP contribution in [-0.4, -0.2) is 31.1 Å². The van der Waals surface area contributed by atoms with Crippen molar-refractivity contribution in [3.8, 4) is 46.0 Å². The largest absolute Gasteiger partial charge is 0.497 e. The molecule has 0 fully saturated rings. The van der Waals surface area contributed by atoms with E-state index in [1.807, 2.05) is 0 Å². The van der Waals surface area contributed by atoms with E-state index in [0.717, 1.165) is 0 Å². The highest BCUT2D eigenvalue weighted by Gasteiger charge is 2.19. The van der Waals surface area contributed by atoms with E-state index in [0.29, 0.717) is 46.0 Å². The molecule has 0 heterocycles. The fraction of sp³-hybridized carbons (Fsp3) is 0.0526. The Morgan fingerprint density at radius 3 is 0.653 bits per heavy atom. The van der Waals surface area contributed by atoms with Crippen LogP contribution < -0.4 is 23.7 Å². The van der Waals surface area contributed by atoms with Crippen molar-refractivity contribution >= 4 is 19.7 Å². The molecule has 0 aliphatic carbocycles. The van der Waals surface area contributed by atoms with Crippen molar-refractivity contribution in [2.24, 2.45) is 0 Å². The monoisotopic (exact) mass is 694 g/mol. The third kappa shape index (κ3) is 7.69. The summed E-state index contributed by atoms with van der Waals surface area (Å²) >= 11 is 0. The van der Waals surface area contributed by atoms with Gasteiger partial charge in [0.2, 0.25) is 19.7 Å². The minimum Gasteiger partial charge on any atom is -0.497 e. The van der Waals surface area contributed by atoms with Crippen molar-refractivity contribution < 1.29 is 40.5 Å². The van der Waals surface area contributed by atoms with Gasteiger partial charge in [0.05, 0.1) is 33.8 Å². The van der Waals surface area contributed by atoms with Crippen molar-refractivity contribution in [3.05, 3.63) is 146 Å². The third-order valence-corrected chi connectivity index (χ3v) is 10.9. The van der Waals surface area contributed by atoms with Crippen molar-refractivity contribution in [3.63, 3.8) is 0 Å². The number of hydrogen-bond donors (Lipinski definition) is 0. The minimum atomic E-state index is -3.77. The molecule has 49 heavy (non-hydrogen) atoms. The Hall–Kier alpha value is -5.78. The number of sulfone groups is 2. The van der Waals surface area contributed by atoms with Gasteiger partial charge in [0.15, 0.2) is 0 Å². The highest BCUT2D eigenvalue weighted by Crippen LogP contribution is 2.31. The van der Waals surface area contributed by atoms with Crippen LogP contribution in [0.3, 0.4) is 0 Å². The van der Waals surface area contributed by atoms with Crippen molar-refractivity contribution in [2.75, 3.05) is 14.2 Å². The third-order valence-electron chi connectivity index (χ3n) is 7.36. The first-order chi connectivity index (χ1) is 23.6. The van der Waals surface area contributed by atoms with Gasteiger partial charge in [-0.3, -0.25) is 0 Å². The van der Waals surface area contributed by atoms with Crippen LogP contribution >= 0.6 is 0 Å². The van der Waals surface area contributed by atoms with E-state index in [4.69, 9.17) is 23.7 Å². The van der Waals surface area contributed by atoms with Gasteiger partial charge in [0.1, 0.15) is 46.0 Å². The highest BCUT2D eigenvalue weighted by atomic mass is 32.2. The lowest BCUT2D eigenvalue weighted by molar-refractivity contribution is 0.413. The van der Waals surface area contributed by atoms with Gasteiger partial charge in [0.25, 0.3) is 0 Å². The summed E-state index contributed by atoms with van der Waals surface area (Å²) in [5, 5.41) is 0. The molecule has 9 nitrogen and oxygen atoms in total. The van der Waals surface area contributed by atoms with Gasteiger partial charge in [0, 0.05) is 0 Å². The Morgan fingerprint density at radius 2 is 0.449 bits per heavy atom. The molecule has 0 aliphatic heterocycles. The van der Waals surface area contributed by atoms with Crippen molar-refractivity contribution in [2.45, 2.75) is 19.6 Å². The Morgan fingerprint density at radius 1 is 0.286 bits per heavy atom. The Kier molecular flexibility index (Phi) is 9.56. The second-order valence-electron chi connectivity index (χ2n) is 10.5. The van der Waals surface area contributed by atoms with Crippen LogP contribution in [0.4, 0.5) is 0 Å². The summed E-state index contributed by atoms with van der Waals surface area (Å²) in [4.78, 5) is 0.555. The van der Waals surface area contributed by atoms with E-state index >= 15 is 0 Å². The van der Waals surface area contributed by atoms with Gasteiger partial charge in [-0.25, -0.2) is 16.8 Å². The van der Waals surface area contributed by atoms with Crippen LogP contribution in [0, 0.1) is 0 Å². The zero-order valence-corrected chi connectivity index (χ0v) is 28.0. The summed E-state index contributed by atoms with van der Waals surface area (Å²) in [5.41, 5.74) is 0. The van der Waals surface area contributed by atoms with E-state index in [1.165, 1.54) is 55.6 Å². The van der Waals surface area contributed by atoms with E-state index in [9.17, 15) is 16.8 Å². The Balaban J connectivity index is 1.05. The molecule has 0 unspecified atom stereocenters. The first kappa shape index (κ1) is 33.1. The number of benzene rings is 6. The number of ether oxygens (including phenoxy) is 5. The van der Waals surface area contributed by atoms with Crippen molar-refractivity contribution in [1.29, 1.82) is 0 Å². The molecule has 0 N–H and O–H groups in total. The quantitative estimate of drug-likeness (QED) is 0.124. The summed E-state index contributed by atoms with van der Waals surface area (Å²) in [7, 11) is -4.37. The van der Waals surface area contributed by atoms with E-state index in [2.05, 4.69) is 0 Å². The molecule has 0 saturated carbocycles. The lowest BCUT2D eigenvalue weighted by Gasteiger charge is -2.11. The molecule has 0 saturated heterocycles. The lowest BCUT2D eigenvalue weighted by Crippen LogP contribution is -2.02. The van der Waals surface area contributed by atoms with E-state index in [1.54, 1.807) is 104 Å². The maximum Gasteiger partial charge on any atom is 0.206 e. The van der Waals surface area contributed by atoms with Crippen LogP contribution in [0.2, 0.25) is 0 Å². The number of methoxy groups -OCH3 is 2. The summed E-state index contributed by atoms with van der Waals surface area (Å²) in [6.07, 6.45) is 0. The van der Waals surface area contributed by atoms with Crippen LogP contribution in [0.25, 0.3) is 0 Å². The summed E-state index contributed by atoms with van der Waals surface area (Å²) in [5.74, 6) is 4.30. The fourth-order valence-corrected chi connectivity index (χ4v) is 7.24. The summed E-state index contributed by atoms with van der Waals surface area (Å²) in [6.45, 7) is 0. The van der Waals surface area contributed by atoms with Gasteiger partial charge in [-0.05, 0) is 146 Å². The Labute approximate surface area is 284 Å². The zero-order chi connectivity index (χ0) is 34.4. The second-order valence-corrected chi connectivity index (χ2v) is 14.4. The lowest BCUT2D eigenvalue weighted by atomic mass is 10.3. The maximum atomic E-state index is 13.2. The van der Waals surface area contributed by atoms with Gasteiger partial charge in [-0.1, -0.05) is 0 Å². The second kappa shape index (κ2) is 14.1. The molecule has 0 bridgehead atoms. The molecule has 0 radical (unpaired) electrons. The molecule has 11 heteroatoms. The van der Waals surface area contributed by atoms with Gasteiger partial charge in [-0.15, -0.1) is 0 Å². The summed E-state index contributed by atoms with van der Waals surface area (Å²) in [6, 6.07) is 38.6. The SMILES string of the molecule is COc1ccc(Oc2ccc(S(=O)(=O)c3ccc(Oc4ccc(Oc5ccc(S(=O)(=O)c6ccc(OC)cc6)cc5)cc4)cc3)cc2)cc1. The van der Waals surface area contributed by atoms with Crippen LogP contribution in [-0.2, 0) is 19.7 Å². The molecule has 0 aromatic heterocycles. The minimum absolute atomic E-state index is 0.121. The zero-order valence-electron chi connectivity index (χ0n) is 26.3. The standard InChI is InChI=1S/C38H30O9S2/c1-43-27-3-5-29(6-4-27)45-32-13-23-37(24-14-32)49(41,42)38-25-17-34(18-26-38)47-31-9-7-30(8-10-31)46-33-15-21-36(22-16-33)48(39,40)35-19-11-28(44-2)12-20-35/h3-26H,1-2H3. The average Bonchev–Trinajstić information content (AvgIpc) is 3.13. The maximum absolute atomic E-state index is 13.2. The van der Waals surface area contributed by atoms with Crippen LogP contribution in [0.5, 0.6) is 46.0 Å².